The van der Waals surface area contributed by atoms with Crippen LogP contribution in [-0.2, 0) is 11.3 Å². The first-order valence-electron chi connectivity index (χ1n) is 7.87. The van der Waals surface area contributed by atoms with Gasteiger partial charge in [0.1, 0.15) is 11.6 Å². The molecule has 27 heavy (non-hydrogen) atoms. The van der Waals surface area contributed by atoms with Crippen molar-refractivity contribution in [3.8, 4) is 0 Å². The predicted molar refractivity (Wildman–Crippen MR) is 102 cm³/mol. The quantitative estimate of drug-likeness (QED) is 0.656. The van der Waals surface area contributed by atoms with Crippen molar-refractivity contribution in [2.24, 2.45) is 0 Å². The molecule has 0 aliphatic heterocycles. The van der Waals surface area contributed by atoms with Gasteiger partial charge >= 0.3 is 0 Å². The van der Waals surface area contributed by atoms with E-state index in [0.717, 1.165) is 0 Å². The van der Waals surface area contributed by atoms with Gasteiger partial charge in [-0.15, -0.1) is 0 Å². The zero-order chi connectivity index (χ0) is 19.2. The first-order chi connectivity index (χ1) is 13.0. The molecule has 0 aliphatic carbocycles. The average molecular weight is 405 g/mol. The molecule has 3 aromatic rings. The second-order valence-corrected chi connectivity index (χ2v) is 6.31. The van der Waals surface area contributed by atoms with Crippen LogP contribution in [0, 0.1) is 0 Å². The molecule has 0 fully saturated rings. The summed E-state index contributed by atoms with van der Waals surface area (Å²) < 4.78 is 1.51. The number of hydrogen-bond donors (Lipinski definition) is 2. The molecule has 0 aliphatic rings. The smallest absolute Gasteiger partial charge is 0.277 e. The number of aryl methyl sites for hydroxylation is 1. The fraction of sp³-hybridized carbons (Fsp3) is 0.118. The second-order valence-electron chi connectivity index (χ2n) is 5.44. The Morgan fingerprint density at radius 2 is 1.56 bits per heavy atom. The fourth-order valence-corrected chi connectivity index (χ4v) is 2.33. The number of pyridine rings is 2. The van der Waals surface area contributed by atoms with Crippen LogP contribution in [0.2, 0.25) is 10.0 Å². The Kier molecular flexibility index (Phi) is 6.00. The molecule has 138 valence electrons. The Balaban J connectivity index is 1.51. The summed E-state index contributed by atoms with van der Waals surface area (Å²) in [5, 5.41) is 10.4. The Hall–Kier alpha value is -2.97. The minimum atomic E-state index is -0.404. The van der Waals surface area contributed by atoms with Gasteiger partial charge in [-0.3, -0.25) is 14.3 Å². The van der Waals surface area contributed by atoms with E-state index < -0.39 is 5.91 Å². The van der Waals surface area contributed by atoms with Gasteiger partial charge < -0.3 is 10.6 Å². The molecule has 3 heterocycles. The van der Waals surface area contributed by atoms with E-state index in [2.05, 4.69) is 25.7 Å². The van der Waals surface area contributed by atoms with Crippen LogP contribution in [0.1, 0.15) is 16.9 Å². The third-order valence-corrected chi connectivity index (χ3v) is 3.85. The Morgan fingerprint density at radius 3 is 2.15 bits per heavy atom. The normalized spacial score (nSPS) is 10.4. The number of anilines is 2. The molecule has 0 bridgehead atoms. The summed E-state index contributed by atoms with van der Waals surface area (Å²) >= 11 is 11.5. The molecule has 0 unspecified atom stereocenters. The van der Waals surface area contributed by atoms with E-state index in [4.69, 9.17) is 23.2 Å². The summed E-state index contributed by atoms with van der Waals surface area (Å²) in [6, 6.07) is 8.02. The largest absolute Gasteiger partial charge is 0.311 e. The SMILES string of the molecule is O=C(CCn1ccc(C(=O)Nc2ccc(Cl)cn2)n1)Nc1ccc(Cl)cn1. The molecule has 10 heteroatoms. The van der Waals surface area contributed by atoms with Crippen LogP contribution in [0.4, 0.5) is 11.6 Å². The van der Waals surface area contributed by atoms with Crippen LogP contribution in [0.3, 0.4) is 0 Å². The van der Waals surface area contributed by atoms with Crippen molar-refractivity contribution >= 4 is 46.7 Å². The molecule has 2 N–H and O–H groups in total. The van der Waals surface area contributed by atoms with Crippen LogP contribution in [0.15, 0.2) is 48.9 Å². The molecule has 0 saturated carbocycles. The number of nitrogens with one attached hydrogen (secondary N) is 2. The van der Waals surface area contributed by atoms with Crippen LogP contribution in [-0.4, -0.2) is 31.6 Å². The van der Waals surface area contributed by atoms with Crippen LogP contribution in [0.25, 0.3) is 0 Å². The Bertz CT molecular complexity index is 941. The summed E-state index contributed by atoms with van der Waals surface area (Å²) in [7, 11) is 0. The highest BCUT2D eigenvalue weighted by Crippen LogP contribution is 2.11. The first kappa shape index (κ1) is 18.8. The van der Waals surface area contributed by atoms with E-state index in [9.17, 15) is 9.59 Å². The highest BCUT2D eigenvalue weighted by atomic mass is 35.5. The van der Waals surface area contributed by atoms with E-state index >= 15 is 0 Å². The average Bonchev–Trinajstić information content (AvgIpc) is 3.13. The Labute approximate surface area is 164 Å². The molecule has 3 aromatic heterocycles. The Morgan fingerprint density at radius 1 is 0.926 bits per heavy atom. The molecule has 0 saturated heterocycles. The highest BCUT2D eigenvalue weighted by molar-refractivity contribution is 6.30. The van der Waals surface area contributed by atoms with Gasteiger partial charge in [-0.25, -0.2) is 9.97 Å². The van der Waals surface area contributed by atoms with Gasteiger partial charge in [0, 0.05) is 31.6 Å². The maximum absolute atomic E-state index is 12.2. The number of carbonyl (C=O) groups is 2. The van der Waals surface area contributed by atoms with Crippen LogP contribution >= 0.6 is 23.2 Å². The van der Waals surface area contributed by atoms with Crippen molar-refractivity contribution in [1.29, 1.82) is 0 Å². The molecule has 0 spiro atoms. The van der Waals surface area contributed by atoms with Crippen molar-refractivity contribution in [2.45, 2.75) is 13.0 Å². The molecule has 0 atom stereocenters. The van der Waals surface area contributed by atoms with E-state index in [1.807, 2.05) is 0 Å². The van der Waals surface area contributed by atoms with Crippen molar-refractivity contribution in [3.63, 3.8) is 0 Å². The van der Waals surface area contributed by atoms with Gasteiger partial charge in [0.25, 0.3) is 5.91 Å². The highest BCUT2D eigenvalue weighted by Gasteiger charge is 2.11. The zero-order valence-electron chi connectivity index (χ0n) is 13.9. The number of rotatable bonds is 6. The lowest BCUT2D eigenvalue weighted by atomic mass is 10.4. The minimum absolute atomic E-state index is 0.172. The topological polar surface area (TPSA) is 102 Å². The van der Waals surface area contributed by atoms with Crippen molar-refractivity contribution in [3.05, 3.63) is 64.7 Å². The molecule has 0 radical (unpaired) electrons. The van der Waals surface area contributed by atoms with Gasteiger partial charge in [0.15, 0.2) is 5.69 Å². The summed E-state index contributed by atoms with van der Waals surface area (Å²) in [5.41, 5.74) is 0.214. The maximum Gasteiger partial charge on any atom is 0.277 e. The standard InChI is InChI=1S/C17H14Cl2N6O2/c18-11-1-3-14(20-9-11)22-16(26)6-8-25-7-5-13(24-25)17(27)23-15-4-2-12(19)10-21-15/h1-5,7,9-10H,6,8H2,(H,20,22,26)(H,21,23,27). The number of hydrogen-bond acceptors (Lipinski definition) is 5. The monoisotopic (exact) mass is 404 g/mol. The van der Waals surface area contributed by atoms with Crippen molar-refractivity contribution in [1.82, 2.24) is 19.7 Å². The van der Waals surface area contributed by atoms with Gasteiger partial charge in [0.05, 0.1) is 10.0 Å². The number of aromatic nitrogens is 4. The molecule has 2 amide bonds. The summed E-state index contributed by atoms with van der Waals surface area (Å²) in [4.78, 5) is 32.1. The number of nitrogens with zero attached hydrogens (tertiary/aromatic N) is 4. The lowest BCUT2D eigenvalue weighted by molar-refractivity contribution is -0.116. The van der Waals surface area contributed by atoms with Crippen LogP contribution in [0.5, 0.6) is 0 Å². The minimum Gasteiger partial charge on any atom is -0.311 e. The number of carbonyl (C=O) groups excluding carboxylic acids is 2. The molecular formula is C17H14Cl2N6O2. The van der Waals surface area contributed by atoms with E-state index in [1.54, 1.807) is 36.5 Å². The van der Waals surface area contributed by atoms with Gasteiger partial charge in [-0.05, 0) is 30.3 Å². The fourth-order valence-electron chi connectivity index (χ4n) is 2.11. The first-order valence-corrected chi connectivity index (χ1v) is 8.63. The summed E-state index contributed by atoms with van der Waals surface area (Å²) in [6.07, 6.45) is 4.68. The lowest BCUT2D eigenvalue weighted by Gasteiger charge is -2.05. The number of amides is 2. The van der Waals surface area contributed by atoms with Gasteiger partial charge in [-0.2, -0.15) is 5.10 Å². The molecule has 0 aromatic carbocycles. The molecule has 3 rings (SSSR count). The van der Waals surface area contributed by atoms with Gasteiger partial charge in [0.2, 0.25) is 5.91 Å². The zero-order valence-corrected chi connectivity index (χ0v) is 15.4. The van der Waals surface area contributed by atoms with E-state index in [-0.39, 0.29) is 18.0 Å². The predicted octanol–water partition coefficient (Wildman–Crippen LogP) is 3.26. The van der Waals surface area contributed by atoms with Gasteiger partial charge in [-0.1, -0.05) is 23.2 Å². The third kappa shape index (κ3) is 5.50. The van der Waals surface area contributed by atoms with Crippen molar-refractivity contribution in [2.75, 3.05) is 10.6 Å². The lowest BCUT2D eigenvalue weighted by Crippen LogP contribution is -2.17. The summed E-state index contributed by atoms with van der Waals surface area (Å²) in [6.45, 7) is 0.311. The number of halogens is 2. The van der Waals surface area contributed by atoms with Crippen LogP contribution < -0.4 is 10.6 Å². The molecular weight excluding hydrogens is 391 g/mol. The maximum atomic E-state index is 12.2. The van der Waals surface area contributed by atoms with E-state index in [0.29, 0.717) is 28.2 Å². The van der Waals surface area contributed by atoms with Crippen molar-refractivity contribution < 1.29 is 9.59 Å². The second kappa shape index (κ2) is 8.61. The third-order valence-electron chi connectivity index (χ3n) is 3.41. The molecule has 8 nitrogen and oxygen atoms in total. The van der Waals surface area contributed by atoms with E-state index in [1.165, 1.54) is 17.1 Å². The summed E-state index contributed by atoms with van der Waals surface area (Å²) in [5.74, 6) is 0.157.